The number of aryl methyl sites for hydroxylation is 1. The largest absolute Gasteiger partial charge is 0.440 e. The Balaban J connectivity index is 1.81. The highest BCUT2D eigenvalue weighted by Gasteiger charge is 2.20. The van der Waals surface area contributed by atoms with Crippen molar-refractivity contribution in [3.05, 3.63) is 68.3 Å². The molecule has 2 heterocycles. The lowest BCUT2D eigenvalue weighted by atomic mass is 10.0. The first-order valence-corrected chi connectivity index (χ1v) is 8.47. The molecule has 1 N–H and O–H groups in total. The van der Waals surface area contributed by atoms with Gasteiger partial charge < -0.3 is 9.72 Å². The first-order chi connectivity index (χ1) is 11.1. The second-order valence-electron chi connectivity index (χ2n) is 5.60. The molecule has 0 atom stereocenters. The Kier molecular flexibility index (Phi) is 3.54. The van der Waals surface area contributed by atoms with E-state index in [2.05, 4.69) is 45.0 Å². The minimum absolute atomic E-state index is 0.587. The predicted molar refractivity (Wildman–Crippen MR) is 96.6 cm³/mol. The van der Waals surface area contributed by atoms with Gasteiger partial charge in [-0.3, -0.25) is 0 Å². The zero-order valence-electron chi connectivity index (χ0n) is 12.4. The van der Waals surface area contributed by atoms with Gasteiger partial charge in [0.2, 0.25) is 5.88 Å². The summed E-state index contributed by atoms with van der Waals surface area (Å²) in [5.41, 5.74) is 4.28. The molecule has 0 saturated heterocycles. The fourth-order valence-corrected chi connectivity index (χ4v) is 3.23. The molecule has 0 aliphatic carbocycles. The van der Waals surface area contributed by atoms with Crippen molar-refractivity contribution in [2.45, 2.75) is 13.3 Å². The Morgan fingerprint density at radius 3 is 2.74 bits per heavy atom. The highest BCUT2D eigenvalue weighted by Crippen LogP contribution is 2.36. The van der Waals surface area contributed by atoms with Crippen molar-refractivity contribution in [1.82, 2.24) is 9.97 Å². The summed E-state index contributed by atoms with van der Waals surface area (Å²) in [4.78, 5) is 7.83. The third-order valence-electron chi connectivity index (χ3n) is 3.89. The minimum Gasteiger partial charge on any atom is -0.440 e. The van der Waals surface area contributed by atoms with Crippen molar-refractivity contribution < 1.29 is 4.74 Å². The summed E-state index contributed by atoms with van der Waals surface area (Å²) in [6.45, 7) is 2.07. The lowest BCUT2D eigenvalue weighted by Gasteiger charge is -2.20. The second-order valence-corrected chi connectivity index (χ2v) is 6.90. The number of hydrogen-bond acceptors (Lipinski definition) is 3. The van der Waals surface area contributed by atoms with Gasteiger partial charge in [0.25, 0.3) is 0 Å². The third kappa shape index (κ3) is 2.71. The van der Waals surface area contributed by atoms with Crippen LogP contribution in [0, 0.1) is 11.6 Å². The Labute approximate surface area is 147 Å². The average Bonchev–Trinajstić information content (AvgIpc) is 2.54. The molecule has 1 aliphatic rings. The molecule has 3 aromatic rings. The maximum Gasteiger partial charge on any atom is 0.205 e. The smallest absolute Gasteiger partial charge is 0.205 e. The molecule has 5 heteroatoms. The van der Waals surface area contributed by atoms with E-state index < -0.39 is 0 Å². The minimum atomic E-state index is 0.587. The molecule has 4 rings (SSSR count). The van der Waals surface area contributed by atoms with Crippen LogP contribution in [0.3, 0.4) is 0 Å². The molecular weight excluding hydrogens is 372 g/mol. The second kappa shape index (κ2) is 5.58. The zero-order valence-corrected chi connectivity index (χ0v) is 14.8. The Hall–Kier alpha value is -1.98. The summed E-state index contributed by atoms with van der Waals surface area (Å²) in [6.07, 6.45) is 0.745. The van der Waals surface area contributed by atoms with Crippen LogP contribution in [0.25, 0.3) is 11.4 Å². The molecule has 1 aromatic heterocycles. The monoisotopic (exact) mass is 384 g/mol. The Morgan fingerprint density at radius 1 is 1.17 bits per heavy atom. The van der Waals surface area contributed by atoms with Crippen LogP contribution in [-0.2, 0) is 6.42 Å². The molecule has 1 aliphatic heterocycles. The number of fused-ring (bicyclic) bond motifs is 2. The van der Waals surface area contributed by atoms with Crippen LogP contribution >= 0.6 is 28.1 Å². The SMILES string of the molecule is Cc1ccc2c(c1)Cc1c([nH]c(-c3ccc(Br)cc3)nc1=S)O2. The van der Waals surface area contributed by atoms with Crippen LogP contribution in [-0.4, -0.2) is 9.97 Å². The maximum atomic E-state index is 6.03. The van der Waals surface area contributed by atoms with Crippen LogP contribution in [0.15, 0.2) is 46.9 Å². The number of rotatable bonds is 1. The topological polar surface area (TPSA) is 37.9 Å². The molecule has 0 bridgehead atoms. The lowest BCUT2D eigenvalue weighted by molar-refractivity contribution is 0.439. The summed E-state index contributed by atoms with van der Waals surface area (Å²) >= 11 is 8.93. The Bertz CT molecular complexity index is 964. The van der Waals surface area contributed by atoms with Crippen molar-refractivity contribution in [1.29, 1.82) is 0 Å². The molecular formula is C18H13BrN2OS. The summed E-state index contributed by atoms with van der Waals surface area (Å²) in [7, 11) is 0. The average molecular weight is 385 g/mol. The van der Waals surface area contributed by atoms with E-state index in [0.29, 0.717) is 10.5 Å². The van der Waals surface area contributed by atoms with Gasteiger partial charge in [-0.15, -0.1) is 0 Å². The molecule has 2 aromatic carbocycles. The van der Waals surface area contributed by atoms with E-state index in [1.54, 1.807) is 0 Å². The molecule has 0 saturated carbocycles. The Morgan fingerprint density at radius 2 is 1.96 bits per heavy atom. The van der Waals surface area contributed by atoms with Gasteiger partial charge in [0.05, 0.1) is 5.56 Å². The molecule has 114 valence electrons. The number of ether oxygens (including phenoxy) is 1. The number of aromatic nitrogens is 2. The summed E-state index contributed by atoms with van der Waals surface area (Å²) in [5.74, 6) is 2.29. The van der Waals surface area contributed by atoms with Crippen LogP contribution in [0.1, 0.15) is 16.7 Å². The van der Waals surface area contributed by atoms with Crippen LogP contribution in [0.5, 0.6) is 11.6 Å². The number of benzene rings is 2. The van der Waals surface area contributed by atoms with E-state index in [9.17, 15) is 0 Å². The number of nitrogens with zero attached hydrogens (tertiary/aromatic N) is 1. The van der Waals surface area contributed by atoms with Crippen molar-refractivity contribution in [2.75, 3.05) is 0 Å². The number of H-pyrrole nitrogens is 1. The molecule has 23 heavy (non-hydrogen) atoms. The fourth-order valence-electron chi connectivity index (χ4n) is 2.71. The van der Waals surface area contributed by atoms with Crippen LogP contribution < -0.4 is 4.74 Å². The highest BCUT2D eigenvalue weighted by atomic mass is 79.9. The number of nitrogens with one attached hydrogen (secondary N) is 1. The first-order valence-electron chi connectivity index (χ1n) is 7.27. The molecule has 3 nitrogen and oxygen atoms in total. The normalized spacial score (nSPS) is 12.3. The zero-order chi connectivity index (χ0) is 16.0. The van der Waals surface area contributed by atoms with Gasteiger partial charge >= 0.3 is 0 Å². The van der Waals surface area contributed by atoms with Gasteiger partial charge in [0, 0.05) is 16.5 Å². The lowest BCUT2D eigenvalue weighted by Crippen LogP contribution is -2.08. The van der Waals surface area contributed by atoms with Gasteiger partial charge in [-0.2, -0.15) is 0 Å². The third-order valence-corrected chi connectivity index (χ3v) is 4.76. The van der Waals surface area contributed by atoms with E-state index in [4.69, 9.17) is 17.0 Å². The van der Waals surface area contributed by atoms with E-state index >= 15 is 0 Å². The van der Waals surface area contributed by atoms with E-state index in [-0.39, 0.29) is 0 Å². The van der Waals surface area contributed by atoms with Gasteiger partial charge in [-0.1, -0.05) is 58.0 Å². The summed E-state index contributed by atoms with van der Waals surface area (Å²) in [6, 6.07) is 14.1. The van der Waals surface area contributed by atoms with Gasteiger partial charge in [0.15, 0.2) is 0 Å². The molecule has 0 spiro atoms. The molecule has 0 fully saturated rings. The van der Waals surface area contributed by atoms with Crippen LogP contribution in [0.2, 0.25) is 0 Å². The van der Waals surface area contributed by atoms with E-state index in [0.717, 1.165) is 39.2 Å². The van der Waals surface area contributed by atoms with E-state index in [1.807, 2.05) is 30.3 Å². The quantitative estimate of drug-likeness (QED) is 0.435. The molecule has 0 unspecified atom stereocenters. The van der Waals surface area contributed by atoms with Crippen LogP contribution in [0.4, 0.5) is 0 Å². The van der Waals surface area contributed by atoms with Crippen molar-refractivity contribution in [3.8, 4) is 23.0 Å². The summed E-state index contributed by atoms with van der Waals surface area (Å²) < 4.78 is 7.64. The fraction of sp³-hybridized carbons (Fsp3) is 0.111. The highest BCUT2D eigenvalue weighted by molar-refractivity contribution is 9.10. The van der Waals surface area contributed by atoms with E-state index in [1.165, 1.54) is 5.56 Å². The van der Waals surface area contributed by atoms with Crippen molar-refractivity contribution in [2.24, 2.45) is 0 Å². The van der Waals surface area contributed by atoms with Gasteiger partial charge in [0.1, 0.15) is 16.2 Å². The maximum absolute atomic E-state index is 6.03. The van der Waals surface area contributed by atoms with Gasteiger partial charge in [-0.05, 0) is 30.7 Å². The predicted octanol–water partition coefficient (Wildman–Crippen LogP) is 5.57. The first kappa shape index (κ1) is 14.6. The number of hydrogen-bond donors (Lipinski definition) is 1. The molecule has 0 radical (unpaired) electrons. The number of aromatic amines is 1. The summed E-state index contributed by atoms with van der Waals surface area (Å²) in [5, 5.41) is 0. The molecule has 0 amide bonds. The van der Waals surface area contributed by atoms with Crippen molar-refractivity contribution >= 4 is 28.1 Å². The van der Waals surface area contributed by atoms with Crippen molar-refractivity contribution in [3.63, 3.8) is 0 Å². The number of halogens is 1. The van der Waals surface area contributed by atoms with Gasteiger partial charge in [-0.25, -0.2) is 4.98 Å². The standard InChI is InChI=1S/C18H13BrN2OS/c1-10-2-7-15-12(8-10)9-14-17(22-15)20-16(21-18(14)23)11-3-5-13(19)6-4-11/h2-8H,9H2,1H3,(H,20,21,23).